The van der Waals surface area contributed by atoms with Gasteiger partial charge in [0, 0.05) is 46.3 Å². The molecule has 3 aromatic heterocycles. The number of carbonyl (C=O) groups excluding carboxylic acids is 1. The number of alkyl halides is 3. The van der Waals surface area contributed by atoms with E-state index < -0.39 is 17.6 Å². The molecular formula is C21H20F3N7O4S. The maximum absolute atomic E-state index is 13.0. The Balaban J connectivity index is 1.27. The van der Waals surface area contributed by atoms with Gasteiger partial charge in [0.15, 0.2) is 16.3 Å². The van der Waals surface area contributed by atoms with E-state index in [4.69, 9.17) is 0 Å². The second-order valence-corrected chi connectivity index (χ2v) is 9.30. The first-order chi connectivity index (χ1) is 17.0. The minimum Gasteiger partial charge on any atom is -0.406 e. The summed E-state index contributed by atoms with van der Waals surface area (Å²) in [6.07, 6.45) is -3.39. The van der Waals surface area contributed by atoms with Crippen molar-refractivity contribution in [1.82, 2.24) is 28.6 Å². The summed E-state index contributed by atoms with van der Waals surface area (Å²) >= 11 is 1.25. The standard InChI is InChI=1S/C21H20F3N7O4S/c1-27-17-16(18(33)28(2)20(27)34)31(11-25-17)10-15(32)29-5-7-30(8-6-29)19-26-13-4-3-12(9-14(13)36-19)35-21(22,23)24/h3-4,9,11H,5-8,10H2,1-2H3. The van der Waals surface area contributed by atoms with Crippen LogP contribution in [0.4, 0.5) is 18.3 Å². The number of rotatable bonds is 4. The number of aryl methyl sites for hydroxylation is 1. The molecule has 1 saturated heterocycles. The van der Waals surface area contributed by atoms with Crippen molar-refractivity contribution >= 4 is 43.8 Å². The summed E-state index contributed by atoms with van der Waals surface area (Å²) in [4.78, 5) is 49.9. The fourth-order valence-electron chi connectivity index (χ4n) is 4.13. The summed E-state index contributed by atoms with van der Waals surface area (Å²) in [6.45, 7) is 1.67. The molecule has 4 aromatic rings. The lowest BCUT2D eigenvalue weighted by Crippen LogP contribution is -2.49. The van der Waals surface area contributed by atoms with Crippen molar-refractivity contribution in [3.63, 3.8) is 0 Å². The van der Waals surface area contributed by atoms with Crippen LogP contribution in [-0.2, 0) is 25.4 Å². The van der Waals surface area contributed by atoms with Crippen LogP contribution in [-0.4, -0.2) is 67.0 Å². The first-order valence-corrected chi connectivity index (χ1v) is 11.6. The van der Waals surface area contributed by atoms with Crippen molar-refractivity contribution in [1.29, 1.82) is 0 Å². The molecule has 11 nitrogen and oxygen atoms in total. The van der Waals surface area contributed by atoms with Crippen LogP contribution in [0.15, 0.2) is 34.1 Å². The zero-order chi connectivity index (χ0) is 25.8. The van der Waals surface area contributed by atoms with E-state index in [1.807, 2.05) is 4.90 Å². The number of anilines is 1. The van der Waals surface area contributed by atoms with Gasteiger partial charge in [-0.25, -0.2) is 14.8 Å². The lowest BCUT2D eigenvalue weighted by molar-refractivity contribution is -0.274. The summed E-state index contributed by atoms with van der Waals surface area (Å²) < 4.78 is 45.7. The van der Waals surface area contributed by atoms with E-state index in [1.54, 1.807) is 4.90 Å². The molecule has 15 heteroatoms. The van der Waals surface area contributed by atoms with Gasteiger partial charge in [-0.05, 0) is 12.1 Å². The first-order valence-electron chi connectivity index (χ1n) is 10.8. The third kappa shape index (κ3) is 4.29. The van der Waals surface area contributed by atoms with Crippen molar-refractivity contribution in [2.75, 3.05) is 31.1 Å². The number of ether oxygens (including phenoxy) is 1. The highest BCUT2D eigenvalue weighted by atomic mass is 32.1. The molecule has 0 aliphatic carbocycles. The van der Waals surface area contributed by atoms with Gasteiger partial charge in [-0.15, -0.1) is 13.2 Å². The third-order valence-corrected chi connectivity index (χ3v) is 7.09. The van der Waals surface area contributed by atoms with E-state index in [1.165, 1.54) is 59.1 Å². The fraction of sp³-hybridized carbons (Fsp3) is 0.381. The Kier molecular flexibility index (Phi) is 5.73. The number of halogens is 3. The van der Waals surface area contributed by atoms with Gasteiger partial charge in [0.2, 0.25) is 5.91 Å². The summed E-state index contributed by atoms with van der Waals surface area (Å²) in [5.74, 6) is -0.509. The molecule has 0 saturated carbocycles. The summed E-state index contributed by atoms with van der Waals surface area (Å²) in [6, 6.07) is 4.01. The molecule has 1 amide bonds. The maximum atomic E-state index is 13.0. The van der Waals surface area contributed by atoms with Gasteiger partial charge in [0.1, 0.15) is 12.3 Å². The molecule has 190 valence electrons. The fourth-order valence-corrected chi connectivity index (χ4v) is 5.18. The number of hydrogen-bond acceptors (Lipinski definition) is 8. The Labute approximate surface area is 204 Å². The number of thiazole rings is 1. The number of imidazole rings is 1. The predicted molar refractivity (Wildman–Crippen MR) is 125 cm³/mol. The van der Waals surface area contributed by atoms with E-state index in [-0.39, 0.29) is 29.4 Å². The highest BCUT2D eigenvalue weighted by molar-refractivity contribution is 7.22. The van der Waals surface area contributed by atoms with Crippen LogP contribution in [0.25, 0.3) is 21.4 Å². The number of piperazine rings is 1. The summed E-state index contributed by atoms with van der Waals surface area (Å²) in [5.41, 5.74) is -0.0803. The number of benzene rings is 1. The van der Waals surface area contributed by atoms with Crippen molar-refractivity contribution < 1.29 is 22.7 Å². The molecule has 36 heavy (non-hydrogen) atoms. The quantitative estimate of drug-likeness (QED) is 0.397. The summed E-state index contributed by atoms with van der Waals surface area (Å²) in [7, 11) is 2.88. The number of fused-ring (bicyclic) bond motifs is 2. The van der Waals surface area contributed by atoms with Crippen LogP contribution in [0.2, 0.25) is 0 Å². The Morgan fingerprint density at radius 3 is 2.53 bits per heavy atom. The monoisotopic (exact) mass is 523 g/mol. The van der Waals surface area contributed by atoms with Gasteiger partial charge >= 0.3 is 12.1 Å². The Morgan fingerprint density at radius 1 is 1.11 bits per heavy atom. The molecule has 0 unspecified atom stereocenters. The van der Waals surface area contributed by atoms with Crippen LogP contribution in [0.3, 0.4) is 0 Å². The van der Waals surface area contributed by atoms with E-state index in [0.717, 1.165) is 4.57 Å². The van der Waals surface area contributed by atoms with Gasteiger partial charge < -0.3 is 19.1 Å². The highest BCUT2D eigenvalue weighted by Crippen LogP contribution is 2.33. The SMILES string of the molecule is Cn1c(=O)c2c(ncn2CC(=O)N2CCN(c3nc4ccc(OC(F)(F)F)cc4s3)CC2)n(C)c1=O. The number of carbonyl (C=O) groups is 1. The zero-order valence-corrected chi connectivity index (χ0v) is 20.0. The lowest BCUT2D eigenvalue weighted by atomic mass is 10.3. The number of aromatic nitrogens is 5. The smallest absolute Gasteiger partial charge is 0.406 e. The second-order valence-electron chi connectivity index (χ2n) is 8.29. The molecule has 5 rings (SSSR count). The van der Waals surface area contributed by atoms with E-state index in [9.17, 15) is 27.6 Å². The highest BCUT2D eigenvalue weighted by Gasteiger charge is 2.31. The van der Waals surface area contributed by atoms with Crippen molar-refractivity contribution in [2.45, 2.75) is 12.9 Å². The third-order valence-electron chi connectivity index (χ3n) is 6.01. The number of hydrogen-bond donors (Lipinski definition) is 0. The minimum atomic E-state index is -4.77. The molecule has 1 aromatic carbocycles. The molecule has 0 bridgehead atoms. The van der Waals surface area contributed by atoms with Crippen LogP contribution in [0, 0.1) is 0 Å². The molecule has 1 aliphatic rings. The van der Waals surface area contributed by atoms with Gasteiger partial charge in [-0.1, -0.05) is 11.3 Å². The Morgan fingerprint density at radius 2 is 1.83 bits per heavy atom. The molecule has 4 heterocycles. The minimum absolute atomic E-state index is 0.104. The van der Waals surface area contributed by atoms with Gasteiger partial charge in [0.25, 0.3) is 5.56 Å². The molecule has 0 spiro atoms. The molecule has 0 radical (unpaired) electrons. The second kappa shape index (κ2) is 8.65. The lowest BCUT2D eigenvalue weighted by Gasteiger charge is -2.34. The number of nitrogens with zero attached hydrogens (tertiary/aromatic N) is 7. The maximum Gasteiger partial charge on any atom is 0.573 e. The Hall–Kier alpha value is -3.88. The largest absolute Gasteiger partial charge is 0.573 e. The average molecular weight is 523 g/mol. The van der Waals surface area contributed by atoms with Crippen LogP contribution in [0.5, 0.6) is 5.75 Å². The number of amides is 1. The molecule has 1 aliphatic heterocycles. The van der Waals surface area contributed by atoms with Crippen LogP contribution in [0.1, 0.15) is 0 Å². The van der Waals surface area contributed by atoms with E-state index in [2.05, 4.69) is 14.7 Å². The van der Waals surface area contributed by atoms with Crippen molar-refractivity contribution in [3.05, 3.63) is 45.4 Å². The van der Waals surface area contributed by atoms with Crippen molar-refractivity contribution in [3.8, 4) is 5.75 Å². The van der Waals surface area contributed by atoms with Gasteiger partial charge in [-0.2, -0.15) is 0 Å². The molecule has 0 atom stereocenters. The zero-order valence-electron chi connectivity index (χ0n) is 19.2. The first kappa shape index (κ1) is 23.8. The normalized spacial score (nSPS) is 14.7. The predicted octanol–water partition coefficient (Wildman–Crippen LogP) is 1.29. The van der Waals surface area contributed by atoms with Crippen LogP contribution >= 0.6 is 11.3 Å². The Bertz CT molecular complexity index is 1600. The average Bonchev–Trinajstić information content (AvgIpc) is 3.44. The van der Waals surface area contributed by atoms with Crippen LogP contribution < -0.4 is 20.9 Å². The summed E-state index contributed by atoms with van der Waals surface area (Å²) in [5, 5.41) is 0.645. The van der Waals surface area contributed by atoms with E-state index in [0.29, 0.717) is 41.5 Å². The topological polar surface area (TPSA) is 107 Å². The van der Waals surface area contributed by atoms with Crippen molar-refractivity contribution in [2.24, 2.45) is 14.1 Å². The molecule has 1 fully saturated rings. The van der Waals surface area contributed by atoms with Gasteiger partial charge in [-0.3, -0.25) is 18.7 Å². The van der Waals surface area contributed by atoms with Gasteiger partial charge in [0.05, 0.1) is 16.5 Å². The molecular weight excluding hydrogens is 503 g/mol. The van der Waals surface area contributed by atoms with E-state index >= 15 is 0 Å². The molecule has 0 N–H and O–H groups in total.